The molecule has 1 amide bonds. The number of benzene rings is 1. The monoisotopic (exact) mass is 313 g/mol. The van der Waals surface area contributed by atoms with E-state index in [1.165, 1.54) is 11.1 Å². The van der Waals surface area contributed by atoms with Gasteiger partial charge in [0, 0.05) is 17.9 Å². The third-order valence-corrected chi connectivity index (χ3v) is 4.03. The smallest absolute Gasteiger partial charge is 0.225 e. The number of carbonyl (C=O) groups excluding carboxylic acids is 1. The van der Waals surface area contributed by atoms with Gasteiger partial charge in [0.05, 0.1) is 11.4 Å². The van der Waals surface area contributed by atoms with Gasteiger partial charge in [0.2, 0.25) is 5.91 Å². The molecule has 0 aliphatic rings. The van der Waals surface area contributed by atoms with Crippen LogP contribution in [0.3, 0.4) is 0 Å². The summed E-state index contributed by atoms with van der Waals surface area (Å²) in [6, 6.07) is 8.13. The van der Waals surface area contributed by atoms with Crippen molar-refractivity contribution < 1.29 is 4.79 Å². The van der Waals surface area contributed by atoms with Crippen LogP contribution in [0.2, 0.25) is 0 Å². The average Bonchev–Trinajstić information content (AvgIpc) is 2.86. The van der Waals surface area contributed by atoms with E-state index >= 15 is 0 Å². The SMILES string of the molecule is CCCC(=O)Nc1cc(C(C)(C)C)nn1-c1cccc(C)c1C. The van der Waals surface area contributed by atoms with Crippen molar-refractivity contribution >= 4 is 11.7 Å². The number of amides is 1. The molecule has 1 N–H and O–H groups in total. The normalized spacial score (nSPS) is 11.6. The van der Waals surface area contributed by atoms with Crippen LogP contribution in [0.1, 0.15) is 57.4 Å². The lowest BCUT2D eigenvalue weighted by Gasteiger charge is -2.15. The van der Waals surface area contributed by atoms with Crippen LogP contribution in [0.25, 0.3) is 5.69 Å². The quantitative estimate of drug-likeness (QED) is 0.901. The Morgan fingerprint density at radius 3 is 2.57 bits per heavy atom. The fourth-order valence-electron chi connectivity index (χ4n) is 2.42. The molecule has 0 radical (unpaired) electrons. The van der Waals surface area contributed by atoms with Gasteiger partial charge in [-0.2, -0.15) is 5.10 Å². The van der Waals surface area contributed by atoms with E-state index in [4.69, 9.17) is 5.10 Å². The van der Waals surface area contributed by atoms with E-state index in [1.54, 1.807) is 0 Å². The second-order valence-corrected chi connectivity index (χ2v) is 7.09. The molecule has 0 saturated heterocycles. The number of rotatable bonds is 4. The van der Waals surface area contributed by atoms with Gasteiger partial charge in [-0.1, -0.05) is 39.8 Å². The highest BCUT2D eigenvalue weighted by Gasteiger charge is 2.22. The largest absolute Gasteiger partial charge is 0.311 e. The summed E-state index contributed by atoms with van der Waals surface area (Å²) in [6.45, 7) is 12.5. The highest BCUT2D eigenvalue weighted by Crippen LogP contribution is 2.28. The van der Waals surface area contributed by atoms with Gasteiger partial charge < -0.3 is 5.32 Å². The van der Waals surface area contributed by atoms with Crippen LogP contribution >= 0.6 is 0 Å². The van der Waals surface area contributed by atoms with Crippen molar-refractivity contribution in [2.45, 2.75) is 59.8 Å². The number of anilines is 1. The lowest BCUT2D eigenvalue weighted by atomic mass is 9.92. The summed E-state index contributed by atoms with van der Waals surface area (Å²) in [5, 5.41) is 7.78. The molecule has 0 spiro atoms. The predicted octanol–water partition coefficient (Wildman–Crippen LogP) is 4.53. The van der Waals surface area contributed by atoms with Crippen LogP contribution in [0.15, 0.2) is 24.3 Å². The van der Waals surface area contributed by atoms with Crippen LogP contribution in [0.4, 0.5) is 5.82 Å². The molecule has 1 aromatic carbocycles. The summed E-state index contributed by atoms with van der Waals surface area (Å²) in [7, 11) is 0. The summed E-state index contributed by atoms with van der Waals surface area (Å²) < 4.78 is 1.86. The number of nitrogens with one attached hydrogen (secondary N) is 1. The molecule has 124 valence electrons. The fourth-order valence-corrected chi connectivity index (χ4v) is 2.42. The highest BCUT2D eigenvalue weighted by atomic mass is 16.1. The molecule has 2 aromatic rings. The Bertz CT molecular complexity index is 708. The molecule has 1 aromatic heterocycles. The molecular formula is C19H27N3O. The van der Waals surface area contributed by atoms with Gasteiger partial charge in [-0.3, -0.25) is 4.79 Å². The number of aromatic nitrogens is 2. The van der Waals surface area contributed by atoms with Crippen molar-refractivity contribution in [1.29, 1.82) is 0 Å². The molecule has 2 rings (SSSR count). The minimum atomic E-state index is -0.0762. The van der Waals surface area contributed by atoms with Crippen molar-refractivity contribution in [3.05, 3.63) is 41.1 Å². The van der Waals surface area contributed by atoms with Crippen LogP contribution < -0.4 is 5.32 Å². The van der Waals surface area contributed by atoms with Crippen molar-refractivity contribution in [3.63, 3.8) is 0 Å². The Hall–Kier alpha value is -2.10. The third-order valence-electron chi connectivity index (χ3n) is 4.03. The van der Waals surface area contributed by atoms with E-state index in [9.17, 15) is 4.79 Å². The van der Waals surface area contributed by atoms with E-state index in [1.807, 2.05) is 29.8 Å². The Labute approximate surface area is 138 Å². The summed E-state index contributed by atoms with van der Waals surface area (Å²) >= 11 is 0. The number of nitrogens with zero attached hydrogens (tertiary/aromatic N) is 2. The van der Waals surface area contributed by atoms with Crippen LogP contribution in [-0.4, -0.2) is 15.7 Å². The van der Waals surface area contributed by atoms with Crippen molar-refractivity contribution in [2.75, 3.05) is 5.32 Å². The van der Waals surface area contributed by atoms with E-state index in [0.29, 0.717) is 6.42 Å². The van der Waals surface area contributed by atoms with Crippen LogP contribution in [0.5, 0.6) is 0 Å². The minimum absolute atomic E-state index is 0.0272. The molecule has 4 heteroatoms. The predicted molar refractivity (Wildman–Crippen MR) is 95.3 cm³/mol. The first-order valence-electron chi connectivity index (χ1n) is 8.21. The Balaban J connectivity index is 2.54. The van der Waals surface area contributed by atoms with Gasteiger partial charge in [-0.25, -0.2) is 4.68 Å². The third kappa shape index (κ3) is 3.81. The van der Waals surface area contributed by atoms with E-state index in [0.717, 1.165) is 23.6 Å². The lowest BCUT2D eigenvalue weighted by molar-refractivity contribution is -0.116. The first-order chi connectivity index (χ1) is 10.7. The maximum Gasteiger partial charge on any atom is 0.225 e. The van der Waals surface area contributed by atoms with Crippen molar-refractivity contribution in [3.8, 4) is 5.69 Å². The Morgan fingerprint density at radius 1 is 1.26 bits per heavy atom. The number of carbonyl (C=O) groups is 1. The van der Waals surface area contributed by atoms with Crippen molar-refractivity contribution in [2.24, 2.45) is 0 Å². The summed E-state index contributed by atoms with van der Waals surface area (Å²) in [4.78, 5) is 12.1. The highest BCUT2D eigenvalue weighted by molar-refractivity contribution is 5.90. The summed E-state index contributed by atoms with van der Waals surface area (Å²) in [5.41, 5.74) is 4.27. The van der Waals surface area contributed by atoms with Gasteiger partial charge in [0.25, 0.3) is 0 Å². The van der Waals surface area contributed by atoms with Gasteiger partial charge in [-0.15, -0.1) is 0 Å². The topological polar surface area (TPSA) is 46.9 Å². The molecule has 0 fully saturated rings. The van der Waals surface area contributed by atoms with E-state index in [2.05, 4.69) is 46.0 Å². The minimum Gasteiger partial charge on any atom is -0.311 e. The average molecular weight is 313 g/mol. The Kier molecular flexibility index (Phi) is 4.93. The number of hydrogen-bond acceptors (Lipinski definition) is 2. The second-order valence-electron chi connectivity index (χ2n) is 7.09. The maximum atomic E-state index is 12.1. The zero-order valence-electron chi connectivity index (χ0n) is 15.0. The van der Waals surface area contributed by atoms with Crippen LogP contribution in [0, 0.1) is 13.8 Å². The molecule has 0 aliphatic heterocycles. The Morgan fingerprint density at radius 2 is 1.96 bits per heavy atom. The molecule has 0 saturated carbocycles. The molecular weight excluding hydrogens is 286 g/mol. The van der Waals surface area contributed by atoms with Gasteiger partial charge >= 0.3 is 0 Å². The lowest BCUT2D eigenvalue weighted by Crippen LogP contribution is -2.15. The number of hydrogen-bond donors (Lipinski definition) is 1. The van der Waals surface area contributed by atoms with Crippen LogP contribution in [-0.2, 0) is 10.2 Å². The second kappa shape index (κ2) is 6.57. The number of aryl methyl sites for hydroxylation is 1. The molecule has 0 atom stereocenters. The first-order valence-corrected chi connectivity index (χ1v) is 8.21. The summed E-state index contributed by atoms with van der Waals surface area (Å²) in [6.07, 6.45) is 1.35. The van der Waals surface area contributed by atoms with E-state index < -0.39 is 0 Å². The van der Waals surface area contributed by atoms with E-state index in [-0.39, 0.29) is 11.3 Å². The zero-order chi connectivity index (χ0) is 17.2. The van der Waals surface area contributed by atoms with Crippen molar-refractivity contribution in [1.82, 2.24) is 9.78 Å². The molecule has 1 heterocycles. The molecule has 23 heavy (non-hydrogen) atoms. The summed E-state index contributed by atoms with van der Waals surface area (Å²) in [5.74, 6) is 0.765. The maximum absolute atomic E-state index is 12.1. The molecule has 0 bridgehead atoms. The standard InChI is InChI=1S/C19H27N3O/c1-7-9-18(23)20-17-12-16(19(4,5)6)21-22(17)15-11-8-10-13(2)14(15)3/h8,10-12H,7,9H2,1-6H3,(H,20,23). The zero-order valence-corrected chi connectivity index (χ0v) is 15.0. The molecule has 4 nitrogen and oxygen atoms in total. The fraction of sp³-hybridized carbons (Fsp3) is 0.474. The first kappa shape index (κ1) is 17.3. The van der Waals surface area contributed by atoms with Gasteiger partial charge in [0.15, 0.2) is 0 Å². The van der Waals surface area contributed by atoms with Gasteiger partial charge in [0.1, 0.15) is 5.82 Å². The molecule has 0 unspecified atom stereocenters. The molecule has 0 aliphatic carbocycles. The van der Waals surface area contributed by atoms with Gasteiger partial charge in [-0.05, 0) is 37.5 Å².